The van der Waals surface area contributed by atoms with E-state index in [-0.39, 0.29) is 5.75 Å². The van der Waals surface area contributed by atoms with Crippen LogP contribution in [0.2, 0.25) is 0 Å². The van der Waals surface area contributed by atoms with Crippen molar-refractivity contribution in [3.05, 3.63) is 52.4 Å². The van der Waals surface area contributed by atoms with Crippen molar-refractivity contribution in [1.29, 1.82) is 0 Å². The number of ether oxygens (including phenoxy) is 2. The summed E-state index contributed by atoms with van der Waals surface area (Å²) in [6.45, 7) is 11.0. The van der Waals surface area contributed by atoms with Crippen LogP contribution in [0.3, 0.4) is 0 Å². The topological polar surface area (TPSA) is 72.1 Å². The summed E-state index contributed by atoms with van der Waals surface area (Å²) >= 11 is 0. The number of nitrogens with zero attached hydrogens (tertiary/aromatic N) is 1. The minimum atomic E-state index is -0.491. The molecule has 3 aromatic rings. The second-order valence-electron chi connectivity index (χ2n) is 8.98. The normalized spacial score (nSPS) is 11.7. The molecule has 0 fully saturated rings. The van der Waals surface area contributed by atoms with E-state index in [0.29, 0.717) is 52.2 Å². The van der Waals surface area contributed by atoms with E-state index in [2.05, 4.69) is 32.6 Å². The fourth-order valence-electron chi connectivity index (χ4n) is 4.06. The lowest BCUT2D eigenvalue weighted by Gasteiger charge is -2.26. The van der Waals surface area contributed by atoms with Gasteiger partial charge in [-0.25, -0.2) is 4.79 Å². The van der Waals surface area contributed by atoms with E-state index < -0.39 is 5.63 Å². The third-order valence-corrected chi connectivity index (χ3v) is 5.31. The quantitative estimate of drug-likeness (QED) is 0.456. The molecule has 172 valence electrons. The molecule has 2 aromatic carbocycles. The smallest absolute Gasteiger partial charge is 0.344 e. The average Bonchev–Trinajstić information content (AvgIpc) is 2.74. The van der Waals surface area contributed by atoms with E-state index in [1.807, 2.05) is 0 Å². The molecule has 0 atom stereocenters. The average molecular weight is 440 g/mol. The van der Waals surface area contributed by atoms with Crippen LogP contribution in [-0.4, -0.2) is 37.3 Å². The molecule has 6 heteroatoms. The largest absolute Gasteiger partial charge is 0.507 e. The first-order chi connectivity index (χ1) is 15.2. The number of benzene rings is 2. The van der Waals surface area contributed by atoms with Crippen LogP contribution < -0.4 is 15.1 Å². The molecule has 0 radical (unpaired) electrons. The monoisotopic (exact) mass is 439 g/mol. The zero-order valence-corrected chi connectivity index (χ0v) is 19.8. The Kier molecular flexibility index (Phi) is 7.46. The van der Waals surface area contributed by atoms with E-state index in [1.54, 1.807) is 50.6 Å². The maximum absolute atomic E-state index is 13.0. The molecular weight excluding hydrogens is 406 g/mol. The van der Waals surface area contributed by atoms with Crippen LogP contribution in [0.25, 0.3) is 22.1 Å². The predicted octanol–water partition coefficient (Wildman–Crippen LogP) is 5.30. The van der Waals surface area contributed by atoms with Gasteiger partial charge in [0, 0.05) is 30.6 Å². The lowest BCUT2D eigenvalue weighted by Crippen LogP contribution is -2.31. The SMILES string of the molecule is COc1ccc(OC)c(-c2cc3ccc(O)c(CN(CC(C)C)CC(C)C)c3oc2=O)c1. The van der Waals surface area contributed by atoms with Gasteiger partial charge in [0.15, 0.2) is 0 Å². The van der Waals surface area contributed by atoms with Gasteiger partial charge >= 0.3 is 5.63 Å². The van der Waals surface area contributed by atoms with E-state index in [4.69, 9.17) is 13.9 Å². The Morgan fingerprint density at radius 3 is 2.22 bits per heavy atom. The van der Waals surface area contributed by atoms with E-state index in [0.717, 1.165) is 18.5 Å². The third-order valence-electron chi connectivity index (χ3n) is 5.31. The maximum Gasteiger partial charge on any atom is 0.344 e. The van der Waals surface area contributed by atoms with Crippen molar-refractivity contribution in [3.63, 3.8) is 0 Å². The Hall–Kier alpha value is -2.99. The molecular formula is C26H33NO5. The molecule has 6 nitrogen and oxygen atoms in total. The van der Waals surface area contributed by atoms with Crippen LogP contribution >= 0.6 is 0 Å². The van der Waals surface area contributed by atoms with Gasteiger partial charge < -0.3 is 19.0 Å². The standard InChI is InChI=1S/C26H33NO5/c1-16(2)13-27(14-17(3)4)15-22-23(28)9-7-18-11-21(26(29)32-25(18)22)20-12-19(30-5)8-10-24(20)31-6/h7-12,16-17,28H,13-15H2,1-6H3. The number of methoxy groups -OCH3 is 2. The lowest BCUT2D eigenvalue weighted by molar-refractivity contribution is 0.209. The van der Waals surface area contributed by atoms with Gasteiger partial charge in [-0.15, -0.1) is 0 Å². The van der Waals surface area contributed by atoms with Crippen molar-refractivity contribution in [2.45, 2.75) is 34.2 Å². The maximum atomic E-state index is 13.0. The number of hydrogen-bond donors (Lipinski definition) is 1. The molecule has 0 saturated heterocycles. The summed E-state index contributed by atoms with van der Waals surface area (Å²) < 4.78 is 16.6. The van der Waals surface area contributed by atoms with Crippen molar-refractivity contribution in [2.75, 3.05) is 27.3 Å². The molecule has 1 aromatic heterocycles. The molecule has 0 aliphatic heterocycles. The number of rotatable bonds is 9. The molecule has 0 aliphatic carbocycles. The van der Waals surface area contributed by atoms with Gasteiger partial charge in [-0.2, -0.15) is 0 Å². The second-order valence-corrected chi connectivity index (χ2v) is 8.98. The second kappa shape index (κ2) is 10.1. The van der Waals surface area contributed by atoms with Crippen LogP contribution in [0.15, 0.2) is 45.6 Å². The summed E-state index contributed by atoms with van der Waals surface area (Å²) in [5.74, 6) is 2.25. The zero-order valence-electron chi connectivity index (χ0n) is 19.8. The van der Waals surface area contributed by atoms with Gasteiger partial charge in [-0.05, 0) is 48.2 Å². The Balaban J connectivity index is 2.12. The fourth-order valence-corrected chi connectivity index (χ4v) is 4.06. The van der Waals surface area contributed by atoms with Crippen LogP contribution in [0.4, 0.5) is 0 Å². The predicted molar refractivity (Wildman–Crippen MR) is 128 cm³/mol. The minimum absolute atomic E-state index is 0.130. The molecule has 1 heterocycles. The third kappa shape index (κ3) is 5.25. The van der Waals surface area contributed by atoms with Crippen molar-refractivity contribution in [2.24, 2.45) is 11.8 Å². The highest BCUT2D eigenvalue weighted by Gasteiger charge is 2.19. The summed E-state index contributed by atoms with van der Waals surface area (Å²) in [7, 11) is 3.13. The van der Waals surface area contributed by atoms with E-state index in [9.17, 15) is 9.90 Å². The molecule has 3 rings (SSSR count). The van der Waals surface area contributed by atoms with Crippen LogP contribution in [0.5, 0.6) is 17.2 Å². The van der Waals surface area contributed by atoms with Crippen molar-refractivity contribution in [3.8, 4) is 28.4 Å². The van der Waals surface area contributed by atoms with Crippen molar-refractivity contribution >= 4 is 11.0 Å². The highest BCUT2D eigenvalue weighted by molar-refractivity contribution is 5.87. The number of phenolic OH excluding ortho intramolecular Hbond substituents is 1. The van der Waals surface area contributed by atoms with Gasteiger partial charge in [0.2, 0.25) is 0 Å². The highest BCUT2D eigenvalue weighted by atomic mass is 16.5. The summed E-state index contributed by atoms with van der Waals surface area (Å²) in [5, 5.41) is 11.4. The molecule has 0 saturated carbocycles. The fraction of sp³-hybridized carbons (Fsp3) is 0.423. The molecule has 0 amide bonds. The first kappa shape index (κ1) is 23.7. The van der Waals surface area contributed by atoms with Crippen molar-refractivity contribution in [1.82, 2.24) is 4.90 Å². The van der Waals surface area contributed by atoms with Crippen molar-refractivity contribution < 1.29 is 19.0 Å². The number of hydrogen-bond acceptors (Lipinski definition) is 6. The van der Waals surface area contributed by atoms with Gasteiger partial charge in [0.25, 0.3) is 0 Å². The molecule has 0 unspecified atom stereocenters. The number of fused-ring (bicyclic) bond motifs is 1. The first-order valence-electron chi connectivity index (χ1n) is 11.0. The van der Waals surface area contributed by atoms with Gasteiger partial charge in [-0.1, -0.05) is 27.7 Å². The molecule has 0 aliphatic rings. The van der Waals surface area contributed by atoms with Gasteiger partial charge in [0.1, 0.15) is 22.8 Å². The van der Waals surface area contributed by atoms with E-state index >= 15 is 0 Å². The molecule has 1 N–H and O–H groups in total. The first-order valence-corrected chi connectivity index (χ1v) is 11.0. The van der Waals surface area contributed by atoms with Gasteiger partial charge in [0.05, 0.1) is 25.3 Å². The van der Waals surface area contributed by atoms with Crippen LogP contribution in [0.1, 0.15) is 33.3 Å². The molecule has 32 heavy (non-hydrogen) atoms. The Bertz CT molecular complexity index is 1120. The minimum Gasteiger partial charge on any atom is -0.507 e. The summed E-state index contributed by atoms with van der Waals surface area (Å²) in [6, 6.07) is 10.5. The van der Waals surface area contributed by atoms with Crippen LogP contribution in [0, 0.1) is 11.8 Å². The number of phenols is 1. The Morgan fingerprint density at radius 1 is 0.938 bits per heavy atom. The summed E-state index contributed by atoms with van der Waals surface area (Å²) in [4.78, 5) is 15.3. The Labute approximate surface area is 189 Å². The molecule has 0 spiro atoms. The van der Waals surface area contributed by atoms with Gasteiger partial charge in [-0.3, -0.25) is 4.90 Å². The molecule has 0 bridgehead atoms. The van der Waals surface area contributed by atoms with E-state index in [1.165, 1.54) is 0 Å². The number of aromatic hydroxyl groups is 1. The Morgan fingerprint density at radius 2 is 1.62 bits per heavy atom. The summed E-state index contributed by atoms with van der Waals surface area (Å²) in [5.41, 5.74) is 1.53. The summed E-state index contributed by atoms with van der Waals surface area (Å²) in [6.07, 6.45) is 0. The van der Waals surface area contributed by atoms with Crippen LogP contribution in [-0.2, 0) is 6.54 Å². The highest BCUT2D eigenvalue weighted by Crippen LogP contribution is 2.35. The lowest BCUT2D eigenvalue weighted by atomic mass is 10.0. The zero-order chi connectivity index (χ0) is 23.4.